The summed E-state index contributed by atoms with van der Waals surface area (Å²) in [5.74, 6) is 1.13. The van der Waals surface area contributed by atoms with Crippen LogP contribution >= 0.6 is 11.6 Å². The molecule has 3 amide bonds. The van der Waals surface area contributed by atoms with Crippen molar-refractivity contribution in [3.8, 4) is 5.75 Å². The Labute approximate surface area is 148 Å². The SMILES string of the molecule is Cc1nc(CCN(C)C(=O)Nc2cc(Cl)c3c(c2)NC(=O)CO3)no1. The molecular formula is C15H16ClN5O4. The van der Waals surface area contributed by atoms with Gasteiger partial charge in [-0.1, -0.05) is 16.8 Å². The van der Waals surface area contributed by atoms with Gasteiger partial charge in [0, 0.05) is 32.6 Å². The van der Waals surface area contributed by atoms with Crippen LogP contribution in [0.5, 0.6) is 5.75 Å². The van der Waals surface area contributed by atoms with Gasteiger partial charge in [0.2, 0.25) is 5.89 Å². The third-order valence-corrected chi connectivity index (χ3v) is 3.78. The lowest BCUT2D eigenvalue weighted by Gasteiger charge is -2.21. The first-order valence-corrected chi connectivity index (χ1v) is 7.87. The number of rotatable bonds is 4. The van der Waals surface area contributed by atoms with Gasteiger partial charge in [0.25, 0.3) is 5.91 Å². The van der Waals surface area contributed by atoms with Crippen molar-refractivity contribution < 1.29 is 18.8 Å². The van der Waals surface area contributed by atoms with E-state index in [1.165, 1.54) is 4.90 Å². The van der Waals surface area contributed by atoms with Gasteiger partial charge in [-0.2, -0.15) is 4.98 Å². The van der Waals surface area contributed by atoms with Gasteiger partial charge in [0.1, 0.15) is 0 Å². The number of carbonyl (C=O) groups excluding carboxylic acids is 2. The largest absolute Gasteiger partial charge is 0.480 e. The molecule has 3 rings (SSSR count). The molecule has 1 aliphatic heterocycles. The minimum Gasteiger partial charge on any atom is -0.480 e. The fourth-order valence-electron chi connectivity index (χ4n) is 2.26. The Hall–Kier alpha value is -2.81. The number of urea groups is 1. The van der Waals surface area contributed by atoms with Crippen molar-refractivity contribution in [3.05, 3.63) is 28.9 Å². The zero-order valence-electron chi connectivity index (χ0n) is 13.6. The quantitative estimate of drug-likeness (QED) is 0.858. The Morgan fingerprint density at radius 3 is 3.00 bits per heavy atom. The normalized spacial score (nSPS) is 12.8. The molecule has 0 unspecified atom stereocenters. The molecule has 0 bridgehead atoms. The molecule has 2 aromatic rings. The maximum Gasteiger partial charge on any atom is 0.321 e. The van der Waals surface area contributed by atoms with Gasteiger partial charge in [0.05, 0.1) is 10.7 Å². The summed E-state index contributed by atoms with van der Waals surface area (Å²) < 4.78 is 10.2. The number of anilines is 2. The zero-order chi connectivity index (χ0) is 18.0. The van der Waals surface area contributed by atoms with Gasteiger partial charge >= 0.3 is 6.03 Å². The first-order valence-electron chi connectivity index (χ1n) is 7.50. The first kappa shape index (κ1) is 17.0. The highest BCUT2D eigenvalue weighted by molar-refractivity contribution is 6.33. The molecule has 1 aromatic carbocycles. The van der Waals surface area contributed by atoms with Crippen LogP contribution < -0.4 is 15.4 Å². The number of aromatic nitrogens is 2. The van der Waals surface area contributed by atoms with Gasteiger partial charge in [-0.3, -0.25) is 4.79 Å². The summed E-state index contributed by atoms with van der Waals surface area (Å²) in [6.45, 7) is 2.02. The number of ether oxygens (including phenoxy) is 1. The molecule has 0 aliphatic carbocycles. The molecule has 10 heteroatoms. The molecule has 132 valence electrons. The average Bonchev–Trinajstić information content (AvgIpc) is 2.97. The van der Waals surface area contributed by atoms with E-state index in [1.807, 2.05) is 0 Å². The summed E-state index contributed by atoms with van der Waals surface area (Å²) in [5, 5.41) is 9.46. The lowest BCUT2D eigenvalue weighted by atomic mass is 10.2. The Kier molecular flexibility index (Phi) is 4.75. The topological polar surface area (TPSA) is 110 Å². The highest BCUT2D eigenvalue weighted by Gasteiger charge is 2.20. The van der Waals surface area contributed by atoms with E-state index in [9.17, 15) is 9.59 Å². The van der Waals surface area contributed by atoms with E-state index < -0.39 is 0 Å². The molecule has 1 aromatic heterocycles. The number of benzene rings is 1. The number of hydrogen-bond donors (Lipinski definition) is 2. The van der Waals surface area contributed by atoms with Crippen LogP contribution in [0.25, 0.3) is 0 Å². The van der Waals surface area contributed by atoms with E-state index >= 15 is 0 Å². The molecule has 9 nitrogen and oxygen atoms in total. The predicted molar refractivity (Wildman–Crippen MR) is 90.0 cm³/mol. The van der Waals surface area contributed by atoms with Gasteiger partial charge < -0.3 is 24.8 Å². The van der Waals surface area contributed by atoms with E-state index in [0.717, 1.165) is 0 Å². The number of amides is 3. The van der Waals surface area contributed by atoms with Crippen LogP contribution in [0.15, 0.2) is 16.7 Å². The second-order valence-corrected chi connectivity index (χ2v) is 5.91. The fraction of sp³-hybridized carbons (Fsp3) is 0.333. The number of nitrogens with one attached hydrogen (secondary N) is 2. The monoisotopic (exact) mass is 365 g/mol. The third-order valence-electron chi connectivity index (χ3n) is 3.50. The van der Waals surface area contributed by atoms with Crippen molar-refractivity contribution in [1.29, 1.82) is 0 Å². The second-order valence-electron chi connectivity index (χ2n) is 5.50. The van der Waals surface area contributed by atoms with E-state index in [0.29, 0.717) is 46.8 Å². The first-order chi connectivity index (χ1) is 11.9. The van der Waals surface area contributed by atoms with Crippen LogP contribution in [-0.4, -0.2) is 47.2 Å². The van der Waals surface area contributed by atoms with Crippen molar-refractivity contribution >= 4 is 34.9 Å². The van der Waals surface area contributed by atoms with Crippen molar-refractivity contribution in [2.75, 3.05) is 30.8 Å². The molecule has 2 heterocycles. The number of hydrogen-bond acceptors (Lipinski definition) is 6. The summed E-state index contributed by atoms with van der Waals surface area (Å²) in [7, 11) is 1.65. The molecule has 0 atom stereocenters. The van der Waals surface area contributed by atoms with Gasteiger partial charge in [-0.25, -0.2) is 4.79 Å². The zero-order valence-corrected chi connectivity index (χ0v) is 14.4. The highest BCUT2D eigenvalue weighted by atomic mass is 35.5. The van der Waals surface area contributed by atoms with Crippen LogP contribution in [0.2, 0.25) is 5.02 Å². The number of fused-ring (bicyclic) bond motifs is 1. The van der Waals surface area contributed by atoms with Gasteiger partial charge in [-0.15, -0.1) is 0 Å². The molecule has 1 aliphatic rings. The van der Waals surface area contributed by atoms with Gasteiger partial charge in [0.15, 0.2) is 18.2 Å². The highest BCUT2D eigenvalue weighted by Crippen LogP contribution is 2.38. The van der Waals surface area contributed by atoms with Crippen molar-refractivity contribution in [2.24, 2.45) is 0 Å². The summed E-state index contributed by atoms with van der Waals surface area (Å²) in [5.41, 5.74) is 0.866. The lowest BCUT2D eigenvalue weighted by Crippen LogP contribution is -2.33. The van der Waals surface area contributed by atoms with Crippen LogP contribution in [0.4, 0.5) is 16.2 Å². The van der Waals surface area contributed by atoms with Crippen molar-refractivity contribution in [2.45, 2.75) is 13.3 Å². The summed E-state index contributed by atoms with van der Waals surface area (Å²) >= 11 is 6.13. The van der Waals surface area contributed by atoms with Crippen LogP contribution in [0.1, 0.15) is 11.7 Å². The lowest BCUT2D eigenvalue weighted by molar-refractivity contribution is -0.118. The molecule has 2 N–H and O–H groups in total. The van der Waals surface area contributed by atoms with E-state index in [2.05, 4.69) is 20.8 Å². The molecular weight excluding hydrogens is 350 g/mol. The second kappa shape index (κ2) is 6.98. The number of halogens is 1. The van der Waals surface area contributed by atoms with E-state index in [-0.39, 0.29) is 18.5 Å². The maximum atomic E-state index is 12.3. The number of aryl methyl sites for hydroxylation is 1. The molecule has 0 saturated heterocycles. The third kappa shape index (κ3) is 4.00. The Balaban J connectivity index is 1.63. The molecule has 0 radical (unpaired) electrons. The summed E-state index contributed by atoms with van der Waals surface area (Å²) in [6.07, 6.45) is 0.468. The Morgan fingerprint density at radius 1 is 1.48 bits per heavy atom. The number of nitrogens with zero attached hydrogens (tertiary/aromatic N) is 3. The summed E-state index contributed by atoms with van der Waals surface area (Å²) in [4.78, 5) is 29.2. The predicted octanol–water partition coefficient (Wildman–Crippen LogP) is 2.07. The molecule has 0 saturated carbocycles. The minimum atomic E-state index is -0.334. The minimum absolute atomic E-state index is 0.0866. The summed E-state index contributed by atoms with van der Waals surface area (Å²) in [6, 6.07) is 2.82. The molecule has 25 heavy (non-hydrogen) atoms. The van der Waals surface area contributed by atoms with Crippen LogP contribution in [0, 0.1) is 6.92 Å². The number of carbonyl (C=O) groups is 2. The van der Waals surface area contributed by atoms with Crippen LogP contribution in [-0.2, 0) is 11.2 Å². The maximum absolute atomic E-state index is 12.3. The van der Waals surface area contributed by atoms with Crippen molar-refractivity contribution in [3.63, 3.8) is 0 Å². The Morgan fingerprint density at radius 2 is 2.28 bits per heavy atom. The van der Waals surface area contributed by atoms with E-state index in [1.54, 1.807) is 26.1 Å². The standard InChI is InChI=1S/C15H16ClN5O4/c1-8-17-12(20-25-8)3-4-21(2)15(23)18-9-5-10(16)14-11(6-9)19-13(22)7-24-14/h5-6H,3-4,7H2,1-2H3,(H,18,23)(H,19,22). The Bertz CT molecular complexity index is 822. The average molecular weight is 366 g/mol. The molecule has 0 fully saturated rings. The smallest absolute Gasteiger partial charge is 0.321 e. The fourth-order valence-corrected chi connectivity index (χ4v) is 2.53. The van der Waals surface area contributed by atoms with Crippen LogP contribution in [0.3, 0.4) is 0 Å². The van der Waals surface area contributed by atoms with Crippen molar-refractivity contribution in [1.82, 2.24) is 15.0 Å². The molecule has 0 spiro atoms. The number of likely N-dealkylation sites (N-methyl/N-ethyl adjacent to an activating group) is 1. The van der Waals surface area contributed by atoms with E-state index in [4.69, 9.17) is 20.9 Å². The van der Waals surface area contributed by atoms with Gasteiger partial charge in [-0.05, 0) is 12.1 Å².